The molecule has 1 heterocycles. The molecule has 0 bridgehead atoms. The summed E-state index contributed by atoms with van der Waals surface area (Å²) < 4.78 is 15.9. The number of nitrogen functional groups attached to an aromatic ring is 1. The van der Waals surface area contributed by atoms with E-state index in [9.17, 15) is 4.21 Å². The van der Waals surface area contributed by atoms with Crippen LogP contribution in [0.4, 0.5) is 11.4 Å². The molecule has 0 saturated carbocycles. The zero-order chi connectivity index (χ0) is 18.7. The number of hydrogen-bond donors (Lipinski definition) is 2. The number of halogens is 1. The largest absolute Gasteiger partial charge is 0.397 e. The molecule has 25 heavy (non-hydrogen) atoms. The van der Waals surface area contributed by atoms with Crippen molar-refractivity contribution < 1.29 is 4.21 Å². The zero-order valence-corrected chi connectivity index (χ0v) is 18.2. The normalized spacial score (nSPS) is 11.6. The van der Waals surface area contributed by atoms with Gasteiger partial charge in [-0.25, -0.2) is 4.21 Å². The molecule has 1 aromatic heterocycles. The molecular formula is C17H22BrN3OS3. The quantitative estimate of drug-likeness (QED) is 0.334. The third-order valence-electron chi connectivity index (χ3n) is 2.95. The molecule has 0 spiro atoms. The van der Waals surface area contributed by atoms with E-state index in [1.54, 1.807) is 12.1 Å². The van der Waals surface area contributed by atoms with Gasteiger partial charge in [0.2, 0.25) is 0 Å². The second-order valence-electron chi connectivity index (χ2n) is 4.62. The highest BCUT2D eigenvalue weighted by Crippen LogP contribution is 2.28. The van der Waals surface area contributed by atoms with Crippen LogP contribution in [0.3, 0.4) is 0 Å². The van der Waals surface area contributed by atoms with Crippen LogP contribution in [0.15, 0.2) is 49.9 Å². The molecular weight excluding hydrogens is 438 g/mol. The number of para-hydroxylation sites is 1. The Morgan fingerprint density at radius 3 is 2.80 bits per heavy atom. The lowest BCUT2D eigenvalue weighted by Crippen LogP contribution is -2.07. The minimum atomic E-state index is -1.34. The number of hydrogen-bond acceptors (Lipinski definition) is 5. The summed E-state index contributed by atoms with van der Waals surface area (Å²) in [4.78, 5) is 4.73. The van der Waals surface area contributed by atoms with Crippen molar-refractivity contribution in [2.45, 2.75) is 11.8 Å². The maximum Gasteiger partial charge on any atom is 0.152 e. The van der Waals surface area contributed by atoms with Crippen LogP contribution in [-0.2, 0) is 11.0 Å². The Hall–Kier alpha value is -1.09. The van der Waals surface area contributed by atoms with Gasteiger partial charge in [0.05, 0.1) is 16.3 Å². The lowest BCUT2D eigenvalue weighted by Gasteiger charge is -2.10. The lowest BCUT2D eigenvalue weighted by atomic mass is 10.1. The maximum atomic E-state index is 12.1. The van der Waals surface area contributed by atoms with Gasteiger partial charge in [-0.1, -0.05) is 24.8 Å². The van der Waals surface area contributed by atoms with Crippen molar-refractivity contribution in [2.24, 2.45) is 4.99 Å². The summed E-state index contributed by atoms with van der Waals surface area (Å²) in [5.74, 6) is 1.14. The topological polar surface area (TPSA) is 67.5 Å². The fourth-order valence-electron chi connectivity index (χ4n) is 1.68. The van der Waals surface area contributed by atoms with E-state index < -0.39 is 11.0 Å². The first-order chi connectivity index (χ1) is 12.0. The monoisotopic (exact) mass is 459 g/mol. The first-order valence-electron chi connectivity index (χ1n) is 7.39. The Balaban J connectivity index is 0.000000381. The Morgan fingerprint density at radius 2 is 2.24 bits per heavy atom. The number of benzene rings is 1. The van der Waals surface area contributed by atoms with Crippen LogP contribution >= 0.6 is 39.0 Å². The molecule has 0 aliphatic heterocycles. The predicted molar refractivity (Wildman–Crippen MR) is 120 cm³/mol. The van der Waals surface area contributed by atoms with Crippen LogP contribution in [0.1, 0.15) is 12.5 Å². The summed E-state index contributed by atoms with van der Waals surface area (Å²) in [6, 6.07) is 5.49. The fourth-order valence-corrected chi connectivity index (χ4v) is 4.88. The maximum absolute atomic E-state index is 12.1. The number of rotatable bonds is 7. The van der Waals surface area contributed by atoms with E-state index in [0.29, 0.717) is 16.3 Å². The average Bonchev–Trinajstić information content (AvgIpc) is 3.04. The van der Waals surface area contributed by atoms with Gasteiger partial charge in [0, 0.05) is 27.5 Å². The predicted octanol–water partition coefficient (Wildman–Crippen LogP) is 5.31. The van der Waals surface area contributed by atoms with Crippen LogP contribution in [0.25, 0.3) is 6.08 Å². The van der Waals surface area contributed by atoms with Gasteiger partial charge in [0.1, 0.15) is 0 Å². The highest BCUT2D eigenvalue weighted by Gasteiger charge is 2.11. The highest BCUT2D eigenvalue weighted by atomic mass is 79.9. The van der Waals surface area contributed by atoms with Crippen molar-refractivity contribution in [3.8, 4) is 0 Å². The second-order valence-corrected chi connectivity index (χ2v) is 8.39. The van der Waals surface area contributed by atoms with E-state index in [1.165, 1.54) is 11.3 Å². The SMILES string of the molecule is C=Cc1cccc(NS(=O)c2cscc2Br)c1N.CC=NCCSC. The number of thioether (sulfide) groups is 1. The average molecular weight is 460 g/mol. The molecule has 0 radical (unpaired) electrons. The highest BCUT2D eigenvalue weighted by molar-refractivity contribution is 9.10. The van der Waals surface area contributed by atoms with Crippen molar-refractivity contribution in [1.29, 1.82) is 0 Å². The molecule has 0 aliphatic rings. The van der Waals surface area contributed by atoms with Gasteiger partial charge in [0.25, 0.3) is 0 Å². The van der Waals surface area contributed by atoms with E-state index in [4.69, 9.17) is 5.73 Å². The number of aliphatic imine (C=N–C) groups is 1. The second kappa shape index (κ2) is 12.3. The molecule has 1 atom stereocenters. The molecule has 2 rings (SSSR count). The van der Waals surface area contributed by atoms with Crippen molar-refractivity contribution in [3.05, 3.63) is 45.6 Å². The molecule has 0 aliphatic carbocycles. The van der Waals surface area contributed by atoms with Gasteiger partial charge in [0.15, 0.2) is 11.0 Å². The lowest BCUT2D eigenvalue weighted by molar-refractivity contribution is 0.686. The molecule has 0 amide bonds. The van der Waals surface area contributed by atoms with Crippen LogP contribution in [-0.4, -0.2) is 29.0 Å². The minimum Gasteiger partial charge on any atom is -0.397 e. The number of nitrogens with two attached hydrogens (primary N) is 1. The summed E-state index contributed by atoms with van der Waals surface area (Å²) in [6.45, 7) is 6.60. The van der Waals surface area contributed by atoms with E-state index in [-0.39, 0.29) is 0 Å². The van der Waals surface area contributed by atoms with Crippen molar-refractivity contribution in [2.75, 3.05) is 29.0 Å². The summed E-state index contributed by atoms with van der Waals surface area (Å²) >= 11 is 6.67. The molecule has 1 unspecified atom stereocenters. The Kier molecular flexibility index (Phi) is 10.8. The first kappa shape index (κ1) is 22.0. The summed E-state index contributed by atoms with van der Waals surface area (Å²) in [5.41, 5.74) is 7.97. The van der Waals surface area contributed by atoms with E-state index in [0.717, 1.165) is 22.3 Å². The third-order valence-corrected chi connectivity index (χ3v) is 6.80. The molecule has 8 heteroatoms. The van der Waals surface area contributed by atoms with Gasteiger partial charge in [-0.2, -0.15) is 11.8 Å². The Bertz CT molecular complexity index is 732. The molecule has 2 aromatic rings. The van der Waals surface area contributed by atoms with Crippen LogP contribution in [0, 0.1) is 0 Å². The molecule has 0 fully saturated rings. The van der Waals surface area contributed by atoms with Gasteiger partial charge < -0.3 is 5.73 Å². The van der Waals surface area contributed by atoms with Crippen LogP contribution < -0.4 is 10.5 Å². The van der Waals surface area contributed by atoms with Gasteiger partial charge in [-0.05, 0) is 47.0 Å². The number of anilines is 2. The van der Waals surface area contributed by atoms with E-state index in [1.807, 2.05) is 47.8 Å². The standard InChI is InChI=1S/C12H11BrN2OS2.C5H11NS/c1-2-8-4-3-5-10(12(8)14)15-18(16)11-7-17-6-9(11)13;1-3-6-4-5-7-2/h2-7,15H,1,14H2;3H,4-5H2,1-2H3. The van der Waals surface area contributed by atoms with E-state index in [2.05, 4.69) is 38.5 Å². The summed E-state index contributed by atoms with van der Waals surface area (Å²) in [7, 11) is -1.34. The zero-order valence-electron chi connectivity index (χ0n) is 14.2. The minimum absolute atomic E-state index is 0.548. The Morgan fingerprint density at radius 1 is 1.48 bits per heavy atom. The molecule has 0 saturated heterocycles. The molecule has 136 valence electrons. The molecule has 3 N–H and O–H groups in total. The van der Waals surface area contributed by atoms with E-state index >= 15 is 0 Å². The molecule has 4 nitrogen and oxygen atoms in total. The van der Waals surface area contributed by atoms with Crippen LogP contribution in [0.2, 0.25) is 0 Å². The number of thiophene rings is 1. The van der Waals surface area contributed by atoms with Gasteiger partial charge >= 0.3 is 0 Å². The van der Waals surface area contributed by atoms with Crippen molar-refractivity contribution in [1.82, 2.24) is 0 Å². The first-order valence-corrected chi connectivity index (χ1v) is 11.7. The number of nitrogens with zero attached hydrogens (tertiary/aromatic N) is 1. The molecule has 1 aromatic carbocycles. The summed E-state index contributed by atoms with van der Waals surface area (Å²) in [5, 5.41) is 3.72. The van der Waals surface area contributed by atoms with Gasteiger partial charge in [-0.15, -0.1) is 11.3 Å². The summed E-state index contributed by atoms with van der Waals surface area (Å²) in [6.07, 6.45) is 5.60. The van der Waals surface area contributed by atoms with Crippen molar-refractivity contribution >= 4 is 73.7 Å². The number of nitrogens with one attached hydrogen (secondary N) is 1. The fraction of sp³-hybridized carbons (Fsp3) is 0.235. The van der Waals surface area contributed by atoms with Gasteiger partial charge in [-0.3, -0.25) is 9.71 Å². The smallest absolute Gasteiger partial charge is 0.152 e. The Labute approximate surface area is 168 Å². The van der Waals surface area contributed by atoms with Crippen LogP contribution in [0.5, 0.6) is 0 Å². The van der Waals surface area contributed by atoms with Crippen molar-refractivity contribution in [3.63, 3.8) is 0 Å². The third kappa shape index (κ3) is 7.35.